The van der Waals surface area contributed by atoms with Crippen LogP contribution in [0.5, 0.6) is 11.5 Å². The van der Waals surface area contributed by atoms with E-state index >= 15 is 0 Å². The molecule has 0 radical (unpaired) electrons. The summed E-state index contributed by atoms with van der Waals surface area (Å²) in [7, 11) is 0. The first kappa shape index (κ1) is 15.6. The zero-order chi connectivity index (χ0) is 15.6. The normalized spacial score (nSPS) is 10.8. The summed E-state index contributed by atoms with van der Waals surface area (Å²) in [5, 5.41) is 0. The van der Waals surface area contributed by atoms with E-state index in [9.17, 15) is 0 Å². The second kappa shape index (κ2) is 6.34. The molecule has 0 atom stereocenters. The monoisotopic (exact) mass is 282 g/mol. The maximum absolute atomic E-state index is 6.29. The predicted octanol–water partition coefficient (Wildman–Crippen LogP) is 5.84. The minimum absolute atomic E-state index is 0.989. The molecule has 0 fully saturated rings. The second-order valence-corrected chi connectivity index (χ2v) is 5.90. The van der Waals surface area contributed by atoms with Gasteiger partial charge in [-0.3, -0.25) is 0 Å². The van der Waals surface area contributed by atoms with E-state index in [4.69, 9.17) is 4.74 Å². The molecule has 2 rings (SSSR count). The van der Waals surface area contributed by atoms with Gasteiger partial charge in [0.15, 0.2) is 0 Å². The molecular weight excluding hydrogens is 256 g/mol. The fourth-order valence-electron chi connectivity index (χ4n) is 2.86. The third-order valence-corrected chi connectivity index (χ3v) is 4.21. The van der Waals surface area contributed by atoms with Crippen LogP contribution >= 0.6 is 0 Å². The highest BCUT2D eigenvalue weighted by Crippen LogP contribution is 2.33. The molecule has 0 N–H and O–H groups in total. The first-order valence-corrected chi connectivity index (χ1v) is 7.84. The molecule has 21 heavy (non-hydrogen) atoms. The molecule has 112 valence electrons. The van der Waals surface area contributed by atoms with E-state index in [1.807, 2.05) is 0 Å². The SMILES string of the molecule is CCc1cc(C)cc(Oc2cc(C)cc(CC)c2C)c1C. The smallest absolute Gasteiger partial charge is 0.130 e. The summed E-state index contributed by atoms with van der Waals surface area (Å²) >= 11 is 0. The van der Waals surface area contributed by atoms with Crippen molar-refractivity contribution in [2.45, 2.75) is 54.4 Å². The molecular formula is C20H26O. The predicted molar refractivity (Wildman–Crippen MR) is 90.7 cm³/mol. The number of rotatable bonds is 4. The van der Waals surface area contributed by atoms with Gasteiger partial charge in [-0.15, -0.1) is 0 Å². The highest BCUT2D eigenvalue weighted by molar-refractivity contribution is 5.49. The number of aryl methyl sites for hydroxylation is 4. The van der Waals surface area contributed by atoms with Gasteiger partial charge in [-0.25, -0.2) is 0 Å². The van der Waals surface area contributed by atoms with Gasteiger partial charge in [-0.05, 0) is 86.1 Å². The van der Waals surface area contributed by atoms with Crippen molar-refractivity contribution in [1.29, 1.82) is 0 Å². The molecule has 0 saturated heterocycles. The Hall–Kier alpha value is -1.76. The van der Waals surface area contributed by atoms with Gasteiger partial charge in [0, 0.05) is 0 Å². The molecule has 0 aliphatic carbocycles. The van der Waals surface area contributed by atoms with Gasteiger partial charge in [0.1, 0.15) is 11.5 Å². The lowest BCUT2D eigenvalue weighted by atomic mass is 10.0. The standard InChI is InChI=1S/C20H26O/c1-7-17-9-13(3)11-19(15(17)5)21-20-12-14(4)10-18(8-2)16(20)6/h9-12H,7-8H2,1-6H3. The van der Waals surface area contributed by atoms with E-state index in [0.717, 1.165) is 24.3 Å². The second-order valence-electron chi connectivity index (χ2n) is 5.90. The van der Waals surface area contributed by atoms with Crippen molar-refractivity contribution in [3.8, 4) is 11.5 Å². The van der Waals surface area contributed by atoms with Gasteiger partial charge in [0.25, 0.3) is 0 Å². The molecule has 0 heterocycles. The van der Waals surface area contributed by atoms with Gasteiger partial charge in [0.2, 0.25) is 0 Å². The highest BCUT2D eigenvalue weighted by Gasteiger charge is 2.11. The summed E-state index contributed by atoms with van der Waals surface area (Å²) in [6, 6.07) is 8.79. The first-order chi connectivity index (χ1) is 9.96. The van der Waals surface area contributed by atoms with E-state index in [1.54, 1.807) is 0 Å². The molecule has 0 aliphatic heterocycles. The van der Waals surface area contributed by atoms with Crippen LogP contribution in [-0.2, 0) is 12.8 Å². The Balaban J connectivity index is 2.48. The molecule has 1 nitrogen and oxygen atoms in total. The average molecular weight is 282 g/mol. The van der Waals surface area contributed by atoms with Gasteiger partial charge in [-0.2, -0.15) is 0 Å². The Morgan fingerprint density at radius 3 is 1.38 bits per heavy atom. The Bertz CT molecular complexity index is 596. The number of benzene rings is 2. The first-order valence-electron chi connectivity index (χ1n) is 7.84. The van der Waals surface area contributed by atoms with Crippen LogP contribution in [0.25, 0.3) is 0 Å². The van der Waals surface area contributed by atoms with Crippen molar-refractivity contribution >= 4 is 0 Å². The van der Waals surface area contributed by atoms with Crippen molar-refractivity contribution in [3.05, 3.63) is 57.6 Å². The summed E-state index contributed by atoms with van der Waals surface area (Å²) in [5.41, 5.74) is 7.75. The van der Waals surface area contributed by atoms with E-state index < -0.39 is 0 Å². The summed E-state index contributed by atoms with van der Waals surface area (Å²) in [4.78, 5) is 0. The maximum Gasteiger partial charge on any atom is 0.130 e. The zero-order valence-electron chi connectivity index (χ0n) is 14.1. The van der Waals surface area contributed by atoms with E-state index in [0.29, 0.717) is 0 Å². The molecule has 0 spiro atoms. The molecule has 1 heteroatoms. The molecule has 0 bridgehead atoms. The van der Waals surface area contributed by atoms with Crippen LogP contribution in [0.2, 0.25) is 0 Å². The van der Waals surface area contributed by atoms with E-state index in [2.05, 4.69) is 65.8 Å². The van der Waals surface area contributed by atoms with E-state index in [1.165, 1.54) is 33.4 Å². The largest absolute Gasteiger partial charge is 0.457 e. The maximum atomic E-state index is 6.29. The topological polar surface area (TPSA) is 9.23 Å². The lowest BCUT2D eigenvalue weighted by Gasteiger charge is -2.17. The van der Waals surface area contributed by atoms with Crippen LogP contribution < -0.4 is 4.74 Å². The third kappa shape index (κ3) is 3.29. The van der Waals surface area contributed by atoms with Crippen molar-refractivity contribution in [2.24, 2.45) is 0 Å². The van der Waals surface area contributed by atoms with Crippen LogP contribution in [0.15, 0.2) is 24.3 Å². The third-order valence-electron chi connectivity index (χ3n) is 4.21. The molecule has 2 aromatic rings. The summed E-state index contributed by atoms with van der Waals surface area (Å²) in [6.07, 6.45) is 2.08. The summed E-state index contributed by atoms with van der Waals surface area (Å²) in [6.45, 7) is 13.0. The molecule has 0 aromatic heterocycles. The Morgan fingerprint density at radius 1 is 0.667 bits per heavy atom. The number of ether oxygens (including phenoxy) is 1. The fraction of sp³-hybridized carbons (Fsp3) is 0.400. The van der Waals surface area contributed by atoms with Crippen LogP contribution in [0.1, 0.15) is 47.2 Å². The minimum Gasteiger partial charge on any atom is -0.457 e. The Kier molecular flexibility index (Phi) is 4.72. The van der Waals surface area contributed by atoms with Crippen LogP contribution in [0, 0.1) is 27.7 Å². The van der Waals surface area contributed by atoms with E-state index in [-0.39, 0.29) is 0 Å². The molecule has 0 unspecified atom stereocenters. The van der Waals surface area contributed by atoms with Gasteiger partial charge >= 0.3 is 0 Å². The van der Waals surface area contributed by atoms with Crippen molar-refractivity contribution in [3.63, 3.8) is 0 Å². The average Bonchev–Trinajstić information content (AvgIpc) is 2.45. The number of hydrogen-bond donors (Lipinski definition) is 0. The molecule has 0 saturated carbocycles. The summed E-state index contributed by atoms with van der Waals surface area (Å²) < 4.78 is 6.29. The number of hydrogen-bond acceptors (Lipinski definition) is 1. The van der Waals surface area contributed by atoms with Crippen LogP contribution in [0.4, 0.5) is 0 Å². The lowest BCUT2D eigenvalue weighted by molar-refractivity contribution is 0.472. The Morgan fingerprint density at radius 2 is 1.05 bits per heavy atom. The molecule has 2 aromatic carbocycles. The summed E-state index contributed by atoms with van der Waals surface area (Å²) in [5.74, 6) is 1.98. The lowest BCUT2D eigenvalue weighted by Crippen LogP contribution is -1.98. The minimum atomic E-state index is 0.989. The van der Waals surface area contributed by atoms with Crippen LogP contribution in [-0.4, -0.2) is 0 Å². The fourth-order valence-corrected chi connectivity index (χ4v) is 2.86. The van der Waals surface area contributed by atoms with Crippen molar-refractivity contribution in [2.75, 3.05) is 0 Å². The highest BCUT2D eigenvalue weighted by atomic mass is 16.5. The van der Waals surface area contributed by atoms with Gasteiger partial charge < -0.3 is 4.74 Å². The van der Waals surface area contributed by atoms with Crippen LogP contribution in [0.3, 0.4) is 0 Å². The molecule has 0 amide bonds. The zero-order valence-corrected chi connectivity index (χ0v) is 14.1. The van der Waals surface area contributed by atoms with Crippen molar-refractivity contribution < 1.29 is 4.74 Å². The van der Waals surface area contributed by atoms with Gasteiger partial charge in [-0.1, -0.05) is 26.0 Å². The van der Waals surface area contributed by atoms with Crippen molar-refractivity contribution in [1.82, 2.24) is 0 Å². The quantitative estimate of drug-likeness (QED) is 0.684. The molecule has 0 aliphatic rings. The van der Waals surface area contributed by atoms with Gasteiger partial charge in [0.05, 0.1) is 0 Å². The Labute approximate surface area is 129 Å².